The van der Waals surface area contributed by atoms with Crippen LogP contribution in [0.4, 0.5) is 0 Å². The van der Waals surface area contributed by atoms with Gasteiger partial charge in [0, 0.05) is 28.2 Å². The smallest absolute Gasteiger partial charge is 0.152 e. The fraction of sp³-hybridized carbons (Fsp3) is 0.333. The van der Waals surface area contributed by atoms with Crippen LogP contribution in [0.25, 0.3) is 10.9 Å². The topological polar surface area (TPSA) is 39.1 Å². The Morgan fingerprint density at radius 3 is 2.82 bits per heavy atom. The summed E-state index contributed by atoms with van der Waals surface area (Å²) >= 11 is 6.10. The molecule has 0 saturated carbocycles. The highest BCUT2D eigenvalue weighted by molar-refractivity contribution is 7.91. The van der Waals surface area contributed by atoms with Crippen LogP contribution in [0.2, 0.25) is 5.02 Å². The Kier molecular flexibility index (Phi) is 2.45. The van der Waals surface area contributed by atoms with Crippen LogP contribution in [0.3, 0.4) is 0 Å². The first-order valence-electron chi connectivity index (χ1n) is 5.52. The van der Waals surface area contributed by atoms with Crippen molar-refractivity contribution in [3.63, 3.8) is 0 Å². The van der Waals surface area contributed by atoms with E-state index in [4.69, 9.17) is 11.6 Å². The van der Waals surface area contributed by atoms with Crippen LogP contribution in [-0.4, -0.2) is 24.5 Å². The maximum absolute atomic E-state index is 11.5. The van der Waals surface area contributed by atoms with E-state index < -0.39 is 9.84 Å². The lowest BCUT2D eigenvalue weighted by Crippen LogP contribution is -2.09. The molecule has 90 valence electrons. The van der Waals surface area contributed by atoms with Crippen molar-refractivity contribution in [3.05, 3.63) is 35.5 Å². The highest BCUT2D eigenvalue weighted by Crippen LogP contribution is 2.31. The van der Waals surface area contributed by atoms with Crippen molar-refractivity contribution >= 4 is 32.3 Å². The van der Waals surface area contributed by atoms with Crippen LogP contribution in [0.15, 0.2) is 30.5 Å². The molecule has 0 spiro atoms. The quantitative estimate of drug-likeness (QED) is 0.798. The van der Waals surface area contributed by atoms with E-state index in [2.05, 4.69) is 0 Å². The first kappa shape index (κ1) is 11.1. The molecule has 3 nitrogen and oxygen atoms in total. The lowest BCUT2D eigenvalue weighted by Gasteiger charge is -2.12. The van der Waals surface area contributed by atoms with Gasteiger partial charge < -0.3 is 4.57 Å². The lowest BCUT2D eigenvalue weighted by molar-refractivity contribution is 0.572. The molecule has 1 atom stereocenters. The number of sulfone groups is 1. The second-order valence-corrected chi connectivity index (χ2v) is 7.09. The van der Waals surface area contributed by atoms with Gasteiger partial charge in [-0.15, -0.1) is 0 Å². The van der Waals surface area contributed by atoms with Crippen molar-refractivity contribution in [1.82, 2.24) is 4.57 Å². The van der Waals surface area contributed by atoms with Crippen molar-refractivity contribution in [2.75, 3.05) is 11.5 Å². The van der Waals surface area contributed by atoms with E-state index in [1.54, 1.807) is 0 Å². The van der Waals surface area contributed by atoms with Gasteiger partial charge in [0.15, 0.2) is 9.84 Å². The van der Waals surface area contributed by atoms with E-state index in [0.717, 1.165) is 10.9 Å². The SMILES string of the molecule is O=S1(=O)CCC(n2ccc3c(Cl)cccc32)C1. The van der Waals surface area contributed by atoms with Crippen molar-refractivity contribution in [2.45, 2.75) is 12.5 Å². The Morgan fingerprint density at radius 2 is 2.12 bits per heavy atom. The summed E-state index contributed by atoms with van der Waals surface area (Å²) in [5.74, 6) is 0.529. The van der Waals surface area contributed by atoms with Crippen LogP contribution in [0, 0.1) is 0 Å². The Balaban J connectivity index is 2.11. The van der Waals surface area contributed by atoms with Gasteiger partial charge in [0.05, 0.1) is 11.5 Å². The van der Waals surface area contributed by atoms with Gasteiger partial charge in [-0.05, 0) is 24.6 Å². The highest BCUT2D eigenvalue weighted by Gasteiger charge is 2.29. The summed E-state index contributed by atoms with van der Waals surface area (Å²) in [7, 11) is -2.85. The molecule has 2 heterocycles. The Hall–Kier alpha value is -1.00. The number of benzene rings is 1. The van der Waals surface area contributed by atoms with Crippen molar-refractivity contribution in [1.29, 1.82) is 0 Å². The summed E-state index contributed by atoms with van der Waals surface area (Å²) in [6.45, 7) is 0. The highest BCUT2D eigenvalue weighted by atomic mass is 35.5. The summed E-state index contributed by atoms with van der Waals surface area (Å²) in [6, 6.07) is 7.72. The van der Waals surface area contributed by atoms with E-state index in [1.165, 1.54) is 0 Å². The molecule has 2 aromatic rings. The number of nitrogens with zero attached hydrogens (tertiary/aromatic N) is 1. The molecule has 0 aliphatic carbocycles. The zero-order valence-corrected chi connectivity index (χ0v) is 10.7. The van der Waals surface area contributed by atoms with Gasteiger partial charge in [0.2, 0.25) is 0 Å². The Morgan fingerprint density at radius 1 is 1.29 bits per heavy atom. The van der Waals surface area contributed by atoms with Crippen molar-refractivity contribution < 1.29 is 8.42 Å². The molecule has 5 heteroatoms. The number of rotatable bonds is 1. The largest absolute Gasteiger partial charge is 0.343 e. The predicted molar refractivity (Wildman–Crippen MR) is 69.3 cm³/mol. The molecule has 1 saturated heterocycles. The second kappa shape index (κ2) is 3.75. The summed E-state index contributed by atoms with van der Waals surface area (Å²) in [6.07, 6.45) is 2.63. The predicted octanol–water partition coefficient (Wildman–Crippen LogP) is 2.65. The van der Waals surface area contributed by atoms with Crippen LogP contribution >= 0.6 is 11.6 Å². The molecule has 0 radical (unpaired) electrons. The molecule has 3 rings (SSSR count). The first-order chi connectivity index (χ1) is 8.07. The summed E-state index contributed by atoms with van der Waals surface area (Å²) in [4.78, 5) is 0. The van der Waals surface area contributed by atoms with E-state index in [-0.39, 0.29) is 17.5 Å². The first-order valence-corrected chi connectivity index (χ1v) is 7.72. The van der Waals surface area contributed by atoms with Crippen molar-refractivity contribution in [3.8, 4) is 0 Å². The second-order valence-electron chi connectivity index (χ2n) is 4.45. The molecule has 1 aliphatic rings. The lowest BCUT2D eigenvalue weighted by atomic mass is 10.2. The zero-order chi connectivity index (χ0) is 12.0. The Labute approximate surface area is 105 Å². The molecule has 1 aromatic heterocycles. The number of halogens is 1. The monoisotopic (exact) mass is 269 g/mol. The van der Waals surface area contributed by atoms with Gasteiger partial charge in [0.25, 0.3) is 0 Å². The van der Waals surface area contributed by atoms with Crippen LogP contribution < -0.4 is 0 Å². The minimum absolute atomic E-state index is 0.0518. The third-order valence-electron chi connectivity index (χ3n) is 3.31. The molecule has 1 unspecified atom stereocenters. The maximum atomic E-state index is 11.5. The van der Waals surface area contributed by atoms with Gasteiger partial charge in [-0.1, -0.05) is 17.7 Å². The molecule has 0 bridgehead atoms. The molecule has 1 fully saturated rings. The molecular formula is C12H12ClNO2S. The minimum atomic E-state index is -2.85. The van der Waals surface area contributed by atoms with Crippen LogP contribution in [0.1, 0.15) is 12.5 Å². The van der Waals surface area contributed by atoms with Gasteiger partial charge in [-0.2, -0.15) is 0 Å². The zero-order valence-electron chi connectivity index (χ0n) is 9.14. The van der Waals surface area contributed by atoms with E-state index in [0.29, 0.717) is 11.4 Å². The fourth-order valence-corrected chi connectivity index (χ4v) is 4.41. The molecule has 1 aliphatic heterocycles. The summed E-state index contributed by atoms with van der Waals surface area (Å²) < 4.78 is 25.0. The third-order valence-corrected chi connectivity index (χ3v) is 5.39. The summed E-state index contributed by atoms with van der Waals surface area (Å²) in [5, 5.41) is 1.69. The average molecular weight is 270 g/mol. The standard InChI is InChI=1S/C12H12ClNO2S/c13-11-2-1-3-12-10(11)4-6-14(12)9-5-7-17(15,16)8-9/h1-4,6,9H,5,7-8H2. The average Bonchev–Trinajstić information content (AvgIpc) is 2.82. The maximum Gasteiger partial charge on any atom is 0.152 e. The number of fused-ring (bicyclic) bond motifs is 1. The van der Waals surface area contributed by atoms with E-state index in [9.17, 15) is 8.42 Å². The minimum Gasteiger partial charge on any atom is -0.343 e. The van der Waals surface area contributed by atoms with Crippen molar-refractivity contribution in [2.24, 2.45) is 0 Å². The fourth-order valence-electron chi connectivity index (χ4n) is 2.46. The number of aromatic nitrogens is 1. The van der Waals surface area contributed by atoms with Gasteiger partial charge in [-0.3, -0.25) is 0 Å². The molecule has 17 heavy (non-hydrogen) atoms. The molecule has 0 N–H and O–H groups in total. The van der Waals surface area contributed by atoms with E-state index in [1.807, 2.05) is 35.0 Å². The van der Waals surface area contributed by atoms with Gasteiger partial charge in [-0.25, -0.2) is 8.42 Å². The normalized spacial score (nSPS) is 23.2. The molecular weight excluding hydrogens is 258 g/mol. The van der Waals surface area contributed by atoms with Crippen LogP contribution in [0.5, 0.6) is 0 Å². The van der Waals surface area contributed by atoms with Gasteiger partial charge in [0.1, 0.15) is 0 Å². The molecule has 1 aromatic carbocycles. The van der Waals surface area contributed by atoms with Gasteiger partial charge >= 0.3 is 0 Å². The number of hydrogen-bond acceptors (Lipinski definition) is 2. The van der Waals surface area contributed by atoms with E-state index >= 15 is 0 Å². The number of hydrogen-bond donors (Lipinski definition) is 0. The summed E-state index contributed by atoms with van der Waals surface area (Å²) in [5.41, 5.74) is 1.01. The van der Waals surface area contributed by atoms with Crippen LogP contribution in [-0.2, 0) is 9.84 Å². The molecule has 0 amide bonds. The Bertz CT molecular complexity index is 675. The third kappa shape index (κ3) is 1.85.